The second kappa shape index (κ2) is 7.93. The Kier molecular flexibility index (Phi) is 5.21. The lowest BCUT2D eigenvalue weighted by Crippen LogP contribution is -2.24. The number of esters is 1. The van der Waals surface area contributed by atoms with Gasteiger partial charge < -0.3 is 9.47 Å². The Morgan fingerprint density at radius 2 is 2.22 bits per heavy atom. The molecule has 1 aliphatic carbocycles. The van der Waals surface area contributed by atoms with Crippen molar-refractivity contribution in [3.63, 3.8) is 0 Å². The number of hydrogen-bond donors (Lipinski definition) is 0. The van der Waals surface area contributed by atoms with Gasteiger partial charge >= 0.3 is 5.97 Å². The Labute approximate surface area is 158 Å². The van der Waals surface area contributed by atoms with E-state index in [1.54, 1.807) is 10.7 Å². The van der Waals surface area contributed by atoms with Gasteiger partial charge in [0.05, 0.1) is 31.5 Å². The Morgan fingerprint density at radius 3 is 2.96 bits per heavy atom. The number of methoxy groups -OCH3 is 1. The first kappa shape index (κ1) is 17.7. The van der Waals surface area contributed by atoms with Gasteiger partial charge in [-0.15, -0.1) is 5.10 Å². The maximum absolute atomic E-state index is 12.3. The van der Waals surface area contributed by atoms with Crippen molar-refractivity contribution in [2.75, 3.05) is 13.7 Å². The summed E-state index contributed by atoms with van der Waals surface area (Å²) in [6, 6.07) is 5.56. The number of nitrogens with zero attached hydrogens (tertiary/aromatic N) is 3. The Balaban J connectivity index is 1.58. The molecule has 0 N–H and O–H groups in total. The zero-order valence-electron chi connectivity index (χ0n) is 15.5. The lowest BCUT2D eigenvalue weighted by molar-refractivity contribution is 0.00370. The molecule has 1 aliphatic heterocycles. The van der Waals surface area contributed by atoms with Crippen LogP contribution in [-0.4, -0.2) is 40.8 Å². The standard InChI is InChI=1S/C21H23N3O3/c1-26-21(25)19-12-16(8-7-15-5-6-15)9-10-18(19)20-14-24(23-22-20)13-17-4-2-3-11-27-17/h9-10,12,14-15,17H,2-6,11,13H2,1H3/t17-/m1/s1. The maximum Gasteiger partial charge on any atom is 0.338 e. The van der Waals surface area contributed by atoms with E-state index in [2.05, 4.69) is 22.2 Å². The zero-order valence-corrected chi connectivity index (χ0v) is 15.5. The van der Waals surface area contributed by atoms with Crippen LogP contribution in [0.25, 0.3) is 11.3 Å². The fourth-order valence-electron chi connectivity index (χ4n) is 3.21. The second-order valence-corrected chi connectivity index (χ2v) is 7.11. The summed E-state index contributed by atoms with van der Waals surface area (Å²) in [5, 5.41) is 8.47. The molecule has 0 spiro atoms. The molecule has 0 amide bonds. The molecule has 2 aromatic rings. The first-order valence-corrected chi connectivity index (χ1v) is 9.49. The number of aromatic nitrogens is 3. The van der Waals surface area contributed by atoms with Crippen LogP contribution in [0.1, 0.15) is 48.0 Å². The molecule has 2 fully saturated rings. The van der Waals surface area contributed by atoms with Crippen molar-refractivity contribution < 1.29 is 14.3 Å². The number of rotatable bonds is 4. The van der Waals surface area contributed by atoms with Gasteiger partial charge in [0.1, 0.15) is 5.69 Å². The average molecular weight is 365 g/mol. The maximum atomic E-state index is 12.3. The van der Waals surface area contributed by atoms with Crippen molar-refractivity contribution in [1.29, 1.82) is 0 Å². The van der Waals surface area contributed by atoms with Crippen LogP contribution in [0.2, 0.25) is 0 Å². The third-order valence-electron chi connectivity index (χ3n) is 4.90. The van der Waals surface area contributed by atoms with Crippen LogP contribution in [0, 0.1) is 17.8 Å². The molecule has 1 aromatic heterocycles. The summed E-state index contributed by atoms with van der Waals surface area (Å²) in [7, 11) is 1.38. The highest BCUT2D eigenvalue weighted by Gasteiger charge is 2.20. The lowest BCUT2D eigenvalue weighted by Gasteiger charge is -2.21. The van der Waals surface area contributed by atoms with Gasteiger partial charge in [-0.25, -0.2) is 9.48 Å². The predicted molar refractivity (Wildman–Crippen MR) is 100.0 cm³/mol. The van der Waals surface area contributed by atoms with E-state index < -0.39 is 5.97 Å². The van der Waals surface area contributed by atoms with Crippen LogP contribution < -0.4 is 0 Å². The summed E-state index contributed by atoms with van der Waals surface area (Å²) in [5.74, 6) is 6.48. The van der Waals surface area contributed by atoms with E-state index in [4.69, 9.17) is 9.47 Å². The number of ether oxygens (including phenoxy) is 2. The van der Waals surface area contributed by atoms with Gasteiger partial charge in [-0.1, -0.05) is 23.1 Å². The van der Waals surface area contributed by atoms with Crippen molar-refractivity contribution in [2.45, 2.75) is 44.8 Å². The highest BCUT2D eigenvalue weighted by molar-refractivity contribution is 5.97. The molecule has 27 heavy (non-hydrogen) atoms. The van der Waals surface area contributed by atoms with E-state index in [-0.39, 0.29) is 6.10 Å². The fraction of sp³-hybridized carbons (Fsp3) is 0.476. The highest BCUT2D eigenvalue weighted by atomic mass is 16.5. The zero-order chi connectivity index (χ0) is 18.6. The molecule has 6 nitrogen and oxygen atoms in total. The third kappa shape index (κ3) is 4.37. The van der Waals surface area contributed by atoms with Gasteiger partial charge in [-0.2, -0.15) is 0 Å². The first-order valence-electron chi connectivity index (χ1n) is 9.49. The third-order valence-corrected chi connectivity index (χ3v) is 4.90. The van der Waals surface area contributed by atoms with Crippen LogP contribution >= 0.6 is 0 Å². The van der Waals surface area contributed by atoms with E-state index in [0.717, 1.165) is 25.0 Å². The molecule has 0 bridgehead atoms. The molecule has 6 heteroatoms. The van der Waals surface area contributed by atoms with Crippen LogP contribution in [0.3, 0.4) is 0 Å². The number of hydrogen-bond acceptors (Lipinski definition) is 5. The molecular formula is C21H23N3O3. The van der Waals surface area contributed by atoms with Crippen molar-refractivity contribution in [2.24, 2.45) is 5.92 Å². The largest absolute Gasteiger partial charge is 0.465 e. The van der Waals surface area contributed by atoms with Crippen LogP contribution in [0.5, 0.6) is 0 Å². The molecule has 2 heterocycles. The minimum absolute atomic E-state index is 0.174. The topological polar surface area (TPSA) is 66.2 Å². The van der Waals surface area contributed by atoms with Gasteiger partial charge in [0.25, 0.3) is 0 Å². The van der Waals surface area contributed by atoms with Crippen LogP contribution in [0.4, 0.5) is 0 Å². The molecule has 1 aromatic carbocycles. The minimum Gasteiger partial charge on any atom is -0.465 e. The second-order valence-electron chi connectivity index (χ2n) is 7.11. The monoisotopic (exact) mass is 365 g/mol. The van der Waals surface area contributed by atoms with Crippen molar-refractivity contribution in [3.8, 4) is 23.1 Å². The number of carbonyl (C=O) groups is 1. The Morgan fingerprint density at radius 1 is 1.33 bits per heavy atom. The van der Waals surface area contributed by atoms with E-state index in [9.17, 15) is 4.79 Å². The smallest absolute Gasteiger partial charge is 0.338 e. The highest BCUT2D eigenvalue weighted by Crippen LogP contribution is 2.28. The number of benzene rings is 1. The van der Waals surface area contributed by atoms with Gasteiger partial charge in [-0.3, -0.25) is 0 Å². The normalized spacial score (nSPS) is 19.2. The minimum atomic E-state index is -0.398. The fourth-order valence-corrected chi connectivity index (χ4v) is 3.21. The molecule has 2 aliphatic rings. The summed E-state index contributed by atoms with van der Waals surface area (Å²) in [5.41, 5.74) is 2.62. The van der Waals surface area contributed by atoms with Gasteiger partial charge in [0, 0.05) is 23.7 Å². The Hall–Kier alpha value is -2.65. The summed E-state index contributed by atoms with van der Waals surface area (Å²) in [6.45, 7) is 1.48. The quantitative estimate of drug-likeness (QED) is 0.615. The van der Waals surface area contributed by atoms with E-state index >= 15 is 0 Å². The van der Waals surface area contributed by atoms with Crippen LogP contribution in [0.15, 0.2) is 24.4 Å². The predicted octanol–water partition coefficient (Wildman–Crippen LogP) is 3.06. The van der Waals surface area contributed by atoms with Crippen molar-refractivity contribution in [3.05, 3.63) is 35.5 Å². The van der Waals surface area contributed by atoms with Crippen molar-refractivity contribution >= 4 is 5.97 Å². The molecule has 0 radical (unpaired) electrons. The summed E-state index contributed by atoms with van der Waals surface area (Å²) in [6.07, 6.45) is 7.71. The Bertz CT molecular complexity index is 884. The number of carbonyl (C=O) groups excluding carboxylic acids is 1. The summed E-state index contributed by atoms with van der Waals surface area (Å²) < 4.78 is 12.5. The molecule has 1 atom stereocenters. The van der Waals surface area contributed by atoms with E-state index in [0.29, 0.717) is 29.3 Å². The molecular weight excluding hydrogens is 342 g/mol. The van der Waals surface area contributed by atoms with E-state index in [1.165, 1.54) is 26.4 Å². The van der Waals surface area contributed by atoms with Gasteiger partial charge in [0.2, 0.25) is 0 Å². The lowest BCUT2D eigenvalue weighted by atomic mass is 10.0. The van der Waals surface area contributed by atoms with Crippen LogP contribution in [-0.2, 0) is 16.0 Å². The molecule has 1 saturated carbocycles. The molecule has 0 unspecified atom stereocenters. The average Bonchev–Trinajstić information content (AvgIpc) is 3.43. The van der Waals surface area contributed by atoms with Gasteiger partial charge in [-0.05, 0) is 44.2 Å². The first-order chi connectivity index (χ1) is 13.2. The molecule has 140 valence electrons. The van der Waals surface area contributed by atoms with E-state index in [1.807, 2.05) is 18.3 Å². The SMILES string of the molecule is COC(=O)c1cc(C#CC2CC2)ccc1-c1cn(C[C@H]2CCCCO2)nn1. The van der Waals surface area contributed by atoms with Crippen molar-refractivity contribution in [1.82, 2.24) is 15.0 Å². The molecule has 1 saturated heterocycles. The van der Waals surface area contributed by atoms with Gasteiger partial charge in [0.15, 0.2) is 0 Å². The summed E-state index contributed by atoms with van der Waals surface area (Å²) >= 11 is 0. The summed E-state index contributed by atoms with van der Waals surface area (Å²) in [4.78, 5) is 12.3. The molecule has 4 rings (SSSR count).